The maximum Gasteiger partial charge on any atom is 0.193 e. The van der Waals surface area contributed by atoms with Gasteiger partial charge >= 0.3 is 0 Å². The molecule has 1 aliphatic heterocycles. The third kappa shape index (κ3) is 5.59. The summed E-state index contributed by atoms with van der Waals surface area (Å²) in [5.74, 6) is 2.05. The number of benzene rings is 1. The lowest BCUT2D eigenvalue weighted by Crippen LogP contribution is -2.40. The molecule has 1 atom stereocenters. The van der Waals surface area contributed by atoms with Crippen LogP contribution >= 0.6 is 0 Å². The van der Waals surface area contributed by atoms with Crippen molar-refractivity contribution in [3.05, 3.63) is 59.8 Å². The summed E-state index contributed by atoms with van der Waals surface area (Å²) in [7, 11) is 1.99. The van der Waals surface area contributed by atoms with Crippen molar-refractivity contribution < 1.29 is 13.5 Å². The summed E-state index contributed by atoms with van der Waals surface area (Å²) in [6, 6.07) is 10.4. The number of rotatable bonds is 7. The van der Waals surface area contributed by atoms with E-state index in [0.29, 0.717) is 12.5 Å². The van der Waals surface area contributed by atoms with Crippen molar-refractivity contribution in [1.29, 1.82) is 0 Å². The van der Waals surface area contributed by atoms with E-state index in [0.717, 1.165) is 56.4 Å². The Hall–Kier alpha value is -2.34. The quantitative estimate of drug-likeness (QED) is 0.610. The summed E-state index contributed by atoms with van der Waals surface area (Å²) in [6.45, 7) is 3.75. The molecule has 2 heterocycles. The molecule has 0 spiro atoms. The van der Waals surface area contributed by atoms with Crippen LogP contribution < -0.4 is 5.32 Å². The van der Waals surface area contributed by atoms with Gasteiger partial charge in [-0.3, -0.25) is 4.99 Å². The van der Waals surface area contributed by atoms with E-state index in [1.165, 1.54) is 12.1 Å². The highest BCUT2D eigenvalue weighted by Crippen LogP contribution is 2.13. The van der Waals surface area contributed by atoms with Crippen LogP contribution in [0.4, 0.5) is 4.39 Å². The van der Waals surface area contributed by atoms with Gasteiger partial charge in [-0.25, -0.2) is 4.39 Å². The molecule has 3 rings (SSSR count). The Labute approximate surface area is 153 Å². The lowest BCUT2D eigenvalue weighted by Gasteiger charge is -2.23. The predicted molar refractivity (Wildman–Crippen MR) is 99.5 cm³/mol. The highest BCUT2D eigenvalue weighted by molar-refractivity contribution is 5.79. The SMILES string of the molecule is CN(Cc1ccc(F)cc1)C(=NCC1CCOC1)NCCc1ccco1. The summed E-state index contributed by atoms with van der Waals surface area (Å²) < 4.78 is 23.9. The van der Waals surface area contributed by atoms with Gasteiger partial charge in [-0.15, -0.1) is 0 Å². The minimum Gasteiger partial charge on any atom is -0.469 e. The minimum absolute atomic E-state index is 0.219. The first-order valence-corrected chi connectivity index (χ1v) is 9.05. The first kappa shape index (κ1) is 18.5. The second-order valence-electron chi connectivity index (χ2n) is 6.63. The van der Waals surface area contributed by atoms with Crippen molar-refractivity contribution in [3.8, 4) is 0 Å². The molecule has 1 fully saturated rings. The lowest BCUT2D eigenvalue weighted by atomic mass is 10.1. The average Bonchev–Trinajstić information content (AvgIpc) is 3.33. The number of hydrogen-bond acceptors (Lipinski definition) is 3. The monoisotopic (exact) mass is 359 g/mol. The van der Waals surface area contributed by atoms with E-state index in [1.807, 2.05) is 19.2 Å². The lowest BCUT2D eigenvalue weighted by molar-refractivity contribution is 0.187. The Bertz CT molecular complexity index is 680. The third-order valence-electron chi connectivity index (χ3n) is 4.45. The van der Waals surface area contributed by atoms with Gasteiger partial charge in [0.25, 0.3) is 0 Å². The molecule has 1 saturated heterocycles. The third-order valence-corrected chi connectivity index (χ3v) is 4.45. The fraction of sp³-hybridized carbons (Fsp3) is 0.450. The molecule has 1 unspecified atom stereocenters. The second-order valence-corrected chi connectivity index (χ2v) is 6.63. The summed E-state index contributed by atoms with van der Waals surface area (Å²) >= 11 is 0. The number of halogens is 1. The Morgan fingerprint density at radius 2 is 2.15 bits per heavy atom. The molecule has 0 radical (unpaired) electrons. The zero-order chi connectivity index (χ0) is 18.2. The number of nitrogens with zero attached hydrogens (tertiary/aromatic N) is 2. The Morgan fingerprint density at radius 3 is 2.85 bits per heavy atom. The van der Waals surface area contributed by atoms with Crippen LogP contribution in [0.15, 0.2) is 52.1 Å². The van der Waals surface area contributed by atoms with E-state index < -0.39 is 0 Å². The number of furan rings is 1. The van der Waals surface area contributed by atoms with E-state index in [1.54, 1.807) is 18.4 Å². The number of nitrogens with one attached hydrogen (secondary N) is 1. The molecule has 1 N–H and O–H groups in total. The normalized spacial score (nSPS) is 17.5. The molecule has 0 saturated carbocycles. The second kappa shape index (κ2) is 9.38. The average molecular weight is 359 g/mol. The fourth-order valence-corrected chi connectivity index (χ4v) is 2.95. The molecule has 0 bridgehead atoms. The van der Waals surface area contributed by atoms with E-state index >= 15 is 0 Å². The molecule has 0 aliphatic carbocycles. The van der Waals surface area contributed by atoms with Gasteiger partial charge in [0.2, 0.25) is 0 Å². The molecule has 2 aromatic rings. The number of ether oxygens (including phenoxy) is 1. The van der Waals surface area contributed by atoms with Gasteiger partial charge < -0.3 is 19.4 Å². The zero-order valence-electron chi connectivity index (χ0n) is 15.2. The van der Waals surface area contributed by atoms with Crippen LogP contribution in [-0.2, 0) is 17.7 Å². The van der Waals surface area contributed by atoms with E-state index in [4.69, 9.17) is 14.1 Å². The van der Waals surface area contributed by atoms with Crippen LogP contribution in [0.25, 0.3) is 0 Å². The van der Waals surface area contributed by atoms with Crippen LogP contribution in [0.1, 0.15) is 17.7 Å². The smallest absolute Gasteiger partial charge is 0.193 e. The summed E-state index contributed by atoms with van der Waals surface area (Å²) in [5, 5.41) is 3.41. The van der Waals surface area contributed by atoms with Crippen molar-refractivity contribution in [2.45, 2.75) is 19.4 Å². The van der Waals surface area contributed by atoms with E-state index in [9.17, 15) is 4.39 Å². The van der Waals surface area contributed by atoms with Crippen molar-refractivity contribution >= 4 is 5.96 Å². The maximum absolute atomic E-state index is 13.1. The van der Waals surface area contributed by atoms with Gasteiger partial charge in [0.15, 0.2) is 5.96 Å². The van der Waals surface area contributed by atoms with Gasteiger partial charge in [0.1, 0.15) is 11.6 Å². The summed E-state index contributed by atoms with van der Waals surface area (Å²) in [4.78, 5) is 6.85. The fourth-order valence-electron chi connectivity index (χ4n) is 2.95. The van der Waals surface area contributed by atoms with E-state index in [2.05, 4.69) is 10.2 Å². The molecule has 5 nitrogen and oxygen atoms in total. The number of aliphatic imine (C=N–C) groups is 1. The standard InChI is InChI=1S/C20H26FN3O2/c1-24(14-16-4-6-18(21)7-5-16)20(23-13-17-9-12-25-15-17)22-10-8-19-3-2-11-26-19/h2-7,11,17H,8-10,12-15H2,1H3,(H,22,23). The summed E-state index contributed by atoms with van der Waals surface area (Å²) in [5.41, 5.74) is 1.04. The van der Waals surface area contributed by atoms with Gasteiger partial charge in [-0.1, -0.05) is 12.1 Å². The van der Waals surface area contributed by atoms with Gasteiger partial charge in [0, 0.05) is 45.6 Å². The van der Waals surface area contributed by atoms with Crippen molar-refractivity contribution in [3.63, 3.8) is 0 Å². The first-order valence-electron chi connectivity index (χ1n) is 9.05. The molecule has 1 aliphatic rings. The van der Waals surface area contributed by atoms with Gasteiger partial charge in [-0.2, -0.15) is 0 Å². The Morgan fingerprint density at radius 1 is 1.31 bits per heavy atom. The van der Waals surface area contributed by atoms with Crippen molar-refractivity contribution in [2.24, 2.45) is 10.9 Å². The van der Waals surface area contributed by atoms with Crippen LogP contribution in [0.3, 0.4) is 0 Å². The van der Waals surface area contributed by atoms with Gasteiger partial charge in [0.05, 0.1) is 12.9 Å². The van der Waals surface area contributed by atoms with Crippen molar-refractivity contribution in [1.82, 2.24) is 10.2 Å². The van der Waals surface area contributed by atoms with E-state index in [-0.39, 0.29) is 5.82 Å². The highest BCUT2D eigenvalue weighted by Gasteiger charge is 2.16. The maximum atomic E-state index is 13.1. The van der Waals surface area contributed by atoms with Crippen molar-refractivity contribution in [2.75, 3.05) is 33.4 Å². The molecule has 1 aromatic heterocycles. The van der Waals surface area contributed by atoms with Crippen LogP contribution in [0.5, 0.6) is 0 Å². The molecule has 140 valence electrons. The molecule has 1 aromatic carbocycles. The zero-order valence-corrected chi connectivity index (χ0v) is 15.2. The van der Waals surface area contributed by atoms with Crippen LogP contribution in [0.2, 0.25) is 0 Å². The number of hydrogen-bond donors (Lipinski definition) is 1. The molecule has 0 amide bonds. The largest absolute Gasteiger partial charge is 0.469 e. The van der Waals surface area contributed by atoms with Crippen LogP contribution in [-0.4, -0.2) is 44.2 Å². The predicted octanol–water partition coefficient (Wildman–Crippen LogP) is 3.08. The molecule has 6 heteroatoms. The highest BCUT2D eigenvalue weighted by atomic mass is 19.1. The summed E-state index contributed by atoms with van der Waals surface area (Å²) in [6.07, 6.45) is 3.54. The molecule has 26 heavy (non-hydrogen) atoms. The van der Waals surface area contributed by atoms with Gasteiger partial charge in [-0.05, 0) is 36.2 Å². The Kier molecular flexibility index (Phi) is 6.66. The topological polar surface area (TPSA) is 50.0 Å². The number of guanidine groups is 1. The Balaban J connectivity index is 1.59. The molecular weight excluding hydrogens is 333 g/mol. The molecular formula is C20H26FN3O2. The minimum atomic E-state index is -0.219. The first-order chi connectivity index (χ1) is 12.7. The van der Waals surface area contributed by atoms with Crippen LogP contribution in [0, 0.1) is 11.7 Å².